The maximum atomic E-state index is 14.2. The van der Waals surface area contributed by atoms with Crippen LogP contribution in [-0.2, 0) is 24.3 Å². The van der Waals surface area contributed by atoms with Crippen LogP contribution in [0.2, 0.25) is 0 Å². The Morgan fingerprint density at radius 1 is 1.03 bits per heavy atom. The largest absolute Gasteiger partial charge is 0.494 e. The summed E-state index contributed by atoms with van der Waals surface area (Å²) in [5.74, 6) is -2.64. The number of hydrogen-bond donors (Lipinski definition) is 0. The van der Waals surface area contributed by atoms with E-state index in [1.54, 1.807) is 13.8 Å². The third-order valence-corrected chi connectivity index (χ3v) is 5.71. The molecule has 2 aromatic rings. The predicted octanol–water partition coefficient (Wildman–Crippen LogP) is 2.77. The Morgan fingerprint density at radius 2 is 1.70 bits per heavy atom. The van der Waals surface area contributed by atoms with Crippen molar-refractivity contribution in [3.05, 3.63) is 53.8 Å². The van der Waals surface area contributed by atoms with Crippen LogP contribution in [0.1, 0.15) is 24.2 Å². The van der Waals surface area contributed by atoms with Gasteiger partial charge in [-0.1, -0.05) is 12.1 Å². The highest BCUT2D eigenvalue weighted by Gasteiger charge is 2.31. The minimum absolute atomic E-state index is 0.0312. The van der Waals surface area contributed by atoms with Gasteiger partial charge in [-0.25, -0.2) is 17.6 Å². The summed E-state index contributed by atoms with van der Waals surface area (Å²) in [5.41, 5.74) is -0.165. The van der Waals surface area contributed by atoms with Gasteiger partial charge in [0, 0.05) is 0 Å². The van der Waals surface area contributed by atoms with Crippen LogP contribution in [0.25, 0.3) is 0 Å². The normalized spacial score (nSPS) is 10.9. The second kappa shape index (κ2) is 10.1. The lowest BCUT2D eigenvalue weighted by Crippen LogP contribution is -2.37. The summed E-state index contributed by atoms with van der Waals surface area (Å²) in [4.78, 5) is 24.1. The molecule has 162 valence electrons. The number of methoxy groups -OCH3 is 1. The second-order valence-corrected chi connectivity index (χ2v) is 7.71. The highest BCUT2D eigenvalue weighted by molar-refractivity contribution is 7.92. The maximum absolute atomic E-state index is 14.2. The number of benzene rings is 2. The number of ether oxygens (including phenoxy) is 3. The van der Waals surface area contributed by atoms with Crippen molar-refractivity contribution in [1.29, 1.82) is 0 Å². The molecule has 0 aromatic heterocycles. The first-order valence-electron chi connectivity index (χ1n) is 9.04. The molecule has 0 saturated carbocycles. The molecular weight excluding hydrogens is 417 g/mol. The van der Waals surface area contributed by atoms with Crippen molar-refractivity contribution in [2.24, 2.45) is 0 Å². The van der Waals surface area contributed by atoms with Crippen LogP contribution in [0.3, 0.4) is 0 Å². The first kappa shape index (κ1) is 23.1. The summed E-state index contributed by atoms with van der Waals surface area (Å²) < 4.78 is 56.2. The monoisotopic (exact) mass is 439 g/mol. The predicted molar refractivity (Wildman–Crippen MR) is 107 cm³/mol. The molecule has 0 heterocycles. The molecule has 10 heteroatoms. The van der Waals surface area contributed by atoms with E-state index in [0.717, 1.165) is 18.2 Å². The molecule has 0 aliphatic rings. The van der Waals surface area contributed by atoms with E-state index in [0.29, 0.717) is 4.31 Å². The maximum Gasteiger partial charge on any atom is 0.340 e. The van der Waals surface area contributed by atoms with Crippen LogP contribution in [-0.4, -0.2) is 47.2 Å². The Kier molecular flexibility index (Phi) is 7.76. The van der Waals surface area contributed by atoms with Crippen molar-refractivity contribution < 1.29 is 36.6 Å². The fourth-order valence-corrected chi connectivity index (χ4v) is 4.07. The van der Waals surface area contributed by atoms with E-state index in [1.807, 2.05) is 0 Å². The van der Waals surface area contributed by atoms with Gasteiger partial charge in [-0.15, -0.1) is 0 Å². The number of carbonyl (C=O) groups excluding carboxylic acids is 2. The molecule has 8 nitrogen and oxygen atoms in total. The lowest BCUT2D eigenvalue weighted by atomic mass is 10.2. The van der Waals surface area contributed by atoms with Crippen molar-refractivity contribution in [2.75, 3.05) is 31.2 Å². The smallest absolute Gasteiger partial charge is 0.340 e. The number of carbonyl (C=O) groups is 2. The average molecular weight is 439 g/mol. The number of rotatable bonds is 9. The van der Waals surface area contributed by atoms with E-state index in [4.69, 9.17) is 14.2 Å². The third-order valence-electron chi connectivity index (χ3n) is 3.96. The van der Waals surface area contributed by atoms with Crippen LogP contribution < -0.4 is 9.04 Å². The summed E-state index contributed by atoms with van der Waals surface area (Å²) in [5, 5.41) is 0. The molecule has 0 saturated heterocycles. The van der Waals surface area contributed by atoms with Gasteiger partial charge in [0.15, 0.2) is 11.6 Å². The standard InChI is InChI=1S/C20H22FNO7S/c1-4-28-19(23)13-22(17-9-7-6-8-15(17)20(24)29-5-2)30(25,26)14-10-11-18(27-3)16(21)12-14/h6-12H,4-5,13H2,1-3H3. The molecule has 2 rings (SSSR count). The minimum atomic E-state index is -4.46. The molecular formula is C20H22FNO7S. The van der Waals surface area contributed by atoms with Gasteiger partial charge in [-0.3, -0.25) is 9.10 Å². The van der Waals surface area contributed by atoms with Gasteiger partial charge in [0.2, 0.25) is 0 Å². The highest BCUT2D eigenvalue weighted by atomic mass is 32.2. The van der Waals surface area contributed by atoms with Gasteiger partial charge >= 0.3 is 11.9 Å². The molecule has 0 unspecified atom stereocenters. The van der Waals surface area contributed by atoms with E-state index in [2.05, 4.69) is 0 Å². The van der Waals surface area contributed by atoms with Crippen LogP contribution in [0.4, 0.5) is 10.1 Å². The molecule has 0 N–H and O–H groups in total. The van der Waals surface area contributed by atoms with Gasteiger partial charge in [0.05, 0.1) is 36.5 Å². The lowest BCUT2D eigenvalue weighted by Gasteiger charge is -2.25. The molecule has 0 bridgehead atoms. The zero-order valence-electron chi connectivity index (χ0n) is 16.8. The summed E-state index contributed by atoms with van der Waals surface area (Å²) >= 11 is 0. The SMILES string of the molecule is CCOC(=O)CN(c1ccccc1C(=O)OCC)S(=O)(=O)c1ccc(OC)c(F)c1. The lowest BCUT2D eigenvalue weighted by molar-refractivity contribution is -0.141. The molecule has 0 fully saturated rings. The van der Waals surface area contributed by atoms with E-state index in [-0.39, 0.29) is 30.2 Å². The fourth-order valence-electron chi connectivity index (χ4n) is 2.63. The number of para-hydroxylation sites is 1. The van der Waals surface area contributed by atoms with Crippen LogP contribution in [0, 0.1) is 5.82 Å². The molecule has 2 aromatic carbocycles. The minimum Gasteiger partial charge on any atom is -0.494 e. The summed E-state index contributed by atoms with van der Waals surface area (Å²) in [6, 6.07) is 8.82. The summed E-state index contributed by atoms with van der Waals surface area (Å²) in [6.45, 7) is 2.56. The van der Waals surface area contributed by atoms with E-state index in [1.165, 1.54) is 31.4 Å². The average Bonchev–Trinajstić information content (AvgIpc) is 2.72. The molecule has 0 radical (unpaired) electrons. The molecule has 30 heavy (non-hydrogen) atoms. The van der Waals surface area contributed by atoms with Gasteiger partial charge in [0.1, 0.15) is 6.54 Å². The van der Waals surface area contributed by atoms with E-state index >= 15 is 0 Å². The topological polar surface area (TPSA) is 99.2 Å². The van der Waals surface area contributed by atoms with Crippen molar-refractivity contribution in [2.45, 2.75) is 18.7 Å². The Morgan fingerprint density at radius 3 is 2.30 bits per heavy atom. The van der Waals surface area contributed by atoms with Crippen LogP contribution >= 0.6 is 0 Å². The van der Waals surface area contributed by atoms with Gasteiger partial charge in [-0.05, 0) is 44.2 Å². The van der Waals surface area contributed by atoms with E-state index in [9.17, 15) is 22.4 Å². The third kappa shape index (κ3) is 5.07. The van der Waals surface area contributed by atoms with Crippen molar-refractivity contribution in [1.82, 2.24) is 0 Å². The number of esters is 2. The molecule has 0 spiro atoms. The molecule has 0 amide bonds. The summed E-state index contributed by atoms with van der Waals surface area (Å²) in [7, 11) is -3.21. The van der Waals surface area contributed by atoms with Crippen LogP contribution in [0.15, 0.2) is 47.4 Å². The Balaban J connectivity index is 2.63. The van der Waals surface area contributed by atoms with Crippen molar-refractivity contribution >= 4 is 27.6 Å². The molecule has 0 aliphatic heterocycles. The number of anilines is 1. The number of nitrogens with zero attached hydrogens (tertiary/aromatic N) is 1. The first-order chi connectivity index (χ1) is 14.3. The quantitative estimate of drug-likeness (QED) is 0.554. The summed E-state index contributed by atoms with van der Waals surface area (Å²) in [6.07, 6.45) is 0. The van der Waals surface area contributed by atoms with Gasteiger partial charge in [0.25, 0.3) is 10.0 Å². The molecule has 0 aliphatic carbocycles. The highest BCUT2D eigenvalue weighted by Crippen LogP contribution is 2.29. The Hall–Kier alpha value is -3.14. The second-order valence-electron chi connectivity index (χ2n) is 5.85. The van der Waals surface area contributed by atoms with Crippen molar-refractivity contribution in [3.63, 3.8) is 0 Å². The van der Waals surface area contributed by atoms with Gasteiger partial charge in [-0.2, -0.15) is 0 Å². The zero-order chi connectivity index (χ0) is 22.3. The fraction of sp³-hybridized carbons (Fsp3) is 0.300. The number of hydrogen-bond acceptors (Lipinski definition) is 7. The first-order valence-corrected chi connectivity index (χ1v) is 10.5. The van der Waals surface area contributed by atoms with E-state index < -0.39 is 39.2 Å². The van der Waals surface area contributed by atoms with Crippen molar-refractivity contribution in [3.8, 4) is 5.75 Å². The molecule has 0 atom stereocenters. The Bertz CT molecular complexity index is 1020. The number of halogens is 1. The van der Waals surface area contributed by atoms with Crippen LogP contribution in [0.5, 0.6) is 5.75 Å². The number of sulfonamides is 1. The Labute approximate surface area is 174 Å². The zero-order valence-corrected chi connectivity index (χ0v) is 17.6. The van der Waals surface area contributed by atoms with Gasteiger partial charge < -0.3 is 14.2 Å².